The molecular formula is C14H21ClS. The Morgan fingerprint density at radius 1 is 1.12 bits per heavy atom. The molecule has 0 heterocycles. The second-order valence-corrected chi connectivity index (χ2v) is 6.29. The fourth-order valence-corrected chi connectivity index (χ4v) is 2.81. The highest BCUT2D eigenvalue weighted by Gasteiger charge is 2.06. The molecule has 1 unspecified atom stereocenters. The molecule has 2 heteroatoms. The Morgan fingerprint density at radius 3 is 2.44 bits per heavy atom. The molecule has 0 aliphatic rings. The van der Waals surface area contributed by atoms with Crippen molar-refractivity contribution in [2.45, 2.75) is 38.5 Å². The molecule has 0 saturated heterocycles. The summed E-state index contributed by atoms with van der Waals surface area (Å²) in [5.74, 6) is 2.74. The van der Waals surface area contributed by atoms with Gasteiger partial charge in [0.25, 0.3) is 0 Å². The lowest BCUT2D eigenvalue weighted by atomic mass is 10.0. The van der Waals surface area contributed by atoms with Gasteiger partial charge in [0.2, 0.25) is 0 Å². The predicted molar refractivity (Wildman–Crippen MR) is 75.4 cm³/mol. The van der Waals surface area contributed by atoms with Crippen molar-refractivity contribution in [3.63, 3.8) is 0 Å². The zero-order valence-electron chi connectivity index (χ0n) is 10.4. The number of rotatable bonds is 6. The van der Waals surface area contributed by atoms with Crippen LogP contribution in [-0.4, -0.2) is 5.75 Å². The fourth-order valence-electron chi connectivity index (χ4n) is 1.50. The van der Waals surface area contributed by atoms with Crippen LogP contribution >= 0.6 is 23.4 Å². The lowest BCUT2D eigenvalue weighted by Gasteiger charge is -2.12. The topological polar surface area (TPSA) is 0 Å². The van der Waals surface area contributed by atoms with Gasteiger partial charge in [0.15, 0.2) is 0 Å². The van der Waals surface area contributed by atoms with Gasteiger partial charge in [0.1, 0.15) is 0 Å². The van der Waals surface area contributed by atoms with Crippen molar-refractivity contribution in [1.29, 1.82) is 0 Å². The van der Waals surface area contributed by atoms with Crippen LogP contribution in [0.15, 0.2) is 29.2 Å². The summed E-state index contributed by atoms with van der Waals surface area (Å²) in [6.45, 7) is 6.90. The first kappa shape index (κ1) is 13.9. The first-order valence-electron chi connectivity index (χ1n) is 5.97. The van der Waals surface area contributed by atoms with E-state index in [0.29, 0.717) is 0 Å². The number of hydrogen-bond acceptors (Lipinski definition) is 1. The highest BCUT2D eigenvalue weighted by atomic mass is 35.5. The molecule has 0 saturated carbocycles. The van der Waals surface area contributed by atoms with Crippen LogP contribution in [-0.2, 0) is 0 Å². The molecule has 90 valence electrons. The van der Waals surface area contributed by atoms with E-state index >= 15 is 0 Å². The predicted octanol–water partition coefficient (Wildman–Crippen LogP) is 5.50. The van der Waals surface area contributed by atoms with Crippen LogP contribution in [0.25, 0.3) is 0 Å². The van der Waals surface area contributed by atoms with E-state index in [9.17, 15) is 0 Å². The third-order valence-corrected chi connectivity index (χ3v) is 4.44. The van der Waals surface area contributed by atoms with Gasteiger partial charge in [-0.25, -0.2) is 0 Å². The normalized spacial score (nSPS) is 13.1. The van der Waals surface area contributed by atoms with Crippen LogP contribution in [0, 0.1) is 11.8 Å². The molecule has 1 rings (SSSR count). The molecule has 0 amide bonds. The minimum absolute atomic E-state index is 0.767. The minimum atomic E-state index is 0.767. The monoisotopic (exact) mass is 256 g/mol. The average Bonchev–Trinajstić information content (AvgIpc) is 2.25. The van der Waals surface area contributed by atoms with Crippen LogP contribution < -0.4 is 0 Å². The summed E-state index contributed by atoms with van der Waals surface area (Å²) in [4.78, 5) is 1.21. The Labute approximate surface area is 109 Å². The van der Waals surface area contributed by atoms with Crippen LogP contribution in [0.5, 0.6) is 0 Å². The second-order valence-electron chi connectivity index (χ2n) is 4.82. The molecule has 1 atom stereocenters. The van der Waals surface area contributed by atoms with Crippen molar-refractivity contribution < 1.29 is 0 Å². The van der Waals surface area contributed by atoms with E-state index in [0.717, 1.165) is 22.6 Å². The smallest absolute Gasteiger partial charge is 0.0541 e. The summed E-state index contributed by atoms with van der Waals surface area (Å²) in [5, 5.41) is 0.878. The van der Waals surface area contributed by atoms with Gasteiger partial charge in [-0.1, -0.05) is 50.9 Å². The maximum Gasteiger partial charge on any atom is 0.0541 e. The van der Waals surface area contributed by atoms with Crippen molar-refractivity contribution in [2.75, 3.05) is 5.75 Å². The van der Waals surface area contributed by atoms with Gasteiger partial charge in [-0.05, 0) is 30.4 Å². The highest BCUT2D eigenvalue weighted by Crippen LogP contribution is 2.29. The lowest BCUT2D eigenvalue weighted by molar-refractivity contribution is 0.480. The summed E-state index contributed by atoms with van der Waals surface area (Å²) in [6, 6.07) is 8.09. The SMILES string of the molecule is CC(C)CCC(C)CSc1ccccc1Cl. The van der Waals surface area contributed by atoms with Crippen molar-refractivity contribution in [2.24, 2.45) is 11.8 Å². The number of benzene rings is 1. The van der Waals surface area contributed by atoms with Crippen LogP contribution in [0.2, 0.25) is 5.02 Å². The minimum Gasteiger partial charge on any atom is -0.124 e. The molecule has 1 aromatic carbocycles. The summed E-state index contributed by atoms with van der Waals surface area (Å²) in [7, 11) is 0. The van der Waals surface area contributed by atoms with Crippen molar-refractivity contribution in [3.05, 3.63) is 29.3 Å². The van der Waals surface area contributed by atoms with Gasteiger partial charge >= 0.3 is 0 Å². The lowest BCUT2D eigenvalue weighted by Crippen LogP contribution is -2.00. The largest absolute Gasteiger partial charge is 0.124 e. The molecule has 0 spiro atoms. The van der Waals surface area contributed by atoms with Gasteiger partial charge in [0, 0.05) is 10.6 Å². The molecule has 0 radical (unpaired) electrons. The number of halogens is 1. The number of hydrogen-bond donors (Lipinski definition) is 0. The molecule has 0 aromatic heterocycles. The highest BCUT2D eigenvalue weighted by molar-refractivity contribution is 7.99. The second kappa shape index (κ2) is 7.24. The molecule has 16 heavy (non-hydrogen) atoms. The summed E-state index contributed by atoms with van der Waals surface area (Å²) in [5.41, 5.74) is 0. The third-order valence-electron chi connectivity index (χ3n) is 2.60. The maximum atomic E-state index is 6.11. The first-order chi connectivity index (χ1) is 7.59. The van der Waals surface area contributed by atoms with Gasteiger partial charge in [-0.15, -0.1) is 11.8 Å². The molecule has 0 bridgehead atoms. The zero-order valence-corrected chi connectivity index (χ0v) is 11.9. The first-order valence-corrected chi connectivity index (χ1v) is 7.33. The van der Waals surface area contributed by atoms with Gasteiger partial charge in [0.05, 0.1) is 5.02 Å². The van der Waals surface area contributed by atoms with Gasteiger partial charge in [-0.2, -0.15) is 0 Å². The van der Waals surface area contributed by atoms with E-state index < -0.39 is 0 Å². The molecular weight excluding hydrogens is 236 g/mol. The van der Waals surface area contributed by atoms with E-state index in [2.05, 4.69) is 26.8 Å². The van der Waals surface area contributed by atoms with E-state index in [-0.39, 0.29) is 0 Å². The van der Waals surface area contributed by atoms with Crippen LogP contribution in [0.1, 0.15) is 33.6 Å². The van der Waals surface area contributed by atoms with E-state index in [1.807, 2.05) is 30.0 Å². The zero-order chi connectivity index (χ0) is 12.0. The van der Waals surface area contributed by atoms with E-state index in [1.54, 1.807) is 0 Å². The van der Waals surface area contributed by atoms with Crippen LogP contribution in [0.4, 0.5) is 0 Å². The molecule has 0 N–H and O–H groups in total. The molecule has 1 aromatic rings. The van der Waals surface area contributed by atoms with Gasteiger partial charge < -0.3 is 0 Å². The average molecular weight is 257 g/mol. The Kier molecular flexibility index (Phi) is 6.30. The fraction of sp³-hybridized carbons (Fsp3) is 0.571. The molecule has 0 aliphatic carbocycles. The Morgan fingerprint density at radius 2 is 1.81 bits per heavy atom. The quantitative estimate of drug-likeness (QED) is 0.605. The Bertz CT molecular complexity index is 309. The standard InChI is InChI=1S/C14H21ClS/c1-11(2)8-9-12(3)10-16-14-7-5-4-6-13(14)15/h4-7,11-12H,8-10H2,1-3H3. The van der Waals surface area contributed by atoms with Gasteiger partial charge in [-0.3, -0.25) is 0 Å². The molecule has 0 fully saturated rings. The Hall–Kier alpha value is -0.140. The summed E-state index contributed by atoms with van der Waals surface area (Å²) in [6.07, 6.45) is 2.64. The maximum absolute atomic E-state index is 6.11. The summed E-state index contributed by atoms with van der Waals surface area (Å²) < 4.78 is 0. The number of thioether (sulfide) groups is 1. The van der Waals surface area contributed by atoms with Crippen molar-refractivity contribution in [1.82, 2.24) is 0 Å². The Balaban J connectivity index is 2.31. The van der Waals surface area contributed by atoms with E-state index in [4.69, 9.17) is 11.6 Å². The van der Waals surface area contributed by atoms with E-state index in [1.165, 1.54) is 17.7 Å². The van der Waals surface area contributed by atoms with Crippen molar-refractivity contribution >= 4 is 23.4 Å². The summed E-state index contributed by atoms with van der Waals surface area (Å²) >= 11 is 7.99. The van der Waals surface area contributed by atoms with Crippen LogP contribution in [0.3, 0.4) is 0 Å². The third kappa shape index (κ3) is 5.27. The van der Waals surface area contributed by atoms with Crippen molar-refractivity contribution in [3.8, 4) is 0 Å². The molecule has 0 nitrogen and oxygen atoms in total. The molecule has 0 aliphatic heterocycles.